The predicted octanol–water partition coefficient (Wildman–Crippen LogP) is 3.66. The van der Waals surface area contributed by atoms with E-state index in [4.69, 9.17) is 9.47 Å². The van der Waals surface area contributed by atoms with Crippen LogP contribution in [0.2, 0.25) is 0 Å². The molecule has 0 aliphatic carbocycles. The van der Waals surface area contributed by atoms with Crippen molar-refractivity contribution in [3.05, 3.63) is 35.0 Å². The highest BCUT2D eigenvalue weighted by Crippen LogP contribution is 2.31. The molecule has 0 saturated carbocycles. The maximum Gasteiger partial charge on any atom is 0.118 e. The number of aromatic nitrogens is 1. The number of methoxy groups -OCH3 is 1. The van der Waals surface area contributed by atoms with Gasteiger partial charge in [-0.25, -0.2) is 4.98 Å². The van der Waals surface area contributed by atoms with Crippen molar-refractivity contribution in [2.75, 3.05) is 13.7 Å². The summed E-state index contributed by atoms with van der Waals surface area (Å²) >= 11 is 1.70. The fraction of sp³-hybridized carbons (Fsp3) is 0.357. The molecule has 4 heteroatoms. The highest BCUT2D eigenvalue weighted by atomic mass is 32.1. The lowest BCUT2D eigenvalue weighted by atomic mass is 10.1. The van der Waals surface area contributed by atoms with Crippen LogP contribution in [0.15, 0.2) is 24.3 Å². The van der Waals surface area contributed by atoms with Gasteiger partial charge in [0.05, 0.1) is 29.3 Å². The molecule has 0 amide bonds. The highest BCUT2D eigenvalue weighted by molar-refractivity contribution is 7.15. The predicted molar refractivity (Wildman–Crippen MR) is 74.2 cm³/mol. The first-order valence-corrected chi connectivity index (χ1v) is 6.74. The Bertz CT molecular complexity index is 505. The molecule has 0 N–H and O–H groups in total. The molecule has 0 aliphatic rings. The molecule has 1 aromatic carbocycles. The summed E-state index contributed by atoms with van der Waals surface area (Å²) in [5.41, 5.74) is 2.18. The van der Waals surface area contributed by atoms with Crippen molar-refractivity contribution in [3.8, 4) is 16.2 Å². The first-order valence-electron chi connectivity index (χ1n) is 5.93. The number of thiazole rings is 1. The molecule has 1 aromatic heterocycles. The molecule has 0 saturated heterocycles. The number of aryl methyl sites for hydroxylation is 1. The van der Waals surface area contributed by atoms with E-state index in [1.54, 1.807) is 18.4 Å². The minimum absolute atomic E-state index is 0.572. The monoisotopic (exact) mass is 263 g/mol. The van der Waals surface area contributed by atoms with E-state index in [2.05, 4.69) is 17.1 Å². The van der Waals surface area contributed by atoms with E-state index in [1.165, 1.54) is 4.88 Å². The van der Waals surface area contributed by atoms with E-state index in [0.717, 1.165) is 22.0 Å². The molecule has 96 valence electrons. The van der Waals surface area contributed by atoms with Crippen LogP contribution in [-0.4, -0.2) is 18.7 Å². The van der Waals surface area contributed by atoms with Crippen LogP contribution in [0.1, 0.15) is 17.6 Å². The molecular formula is C14H17NO2S. The maximum atomic E-state index is 5.46. The Labute approximate surface area is 111 Å². The first-order chi connectivity index (χ1) is 8.74. The second kappa shape index (κ2) is 5.98. The Morgan fingerprint density at radius 2 is 1.94 bits per heavy atom. The number of nitrogens with zero attached hydrogens (tertiary/aromatic N) is 1. The Morgan fingerprint density at radius 1 is 1.22 bits per heavy atom. The summed E-state index contributed by atoms with van der Waals surface area (Å²) in [6.07, 6.45) is 0. The molecule has 0 bridgehead atoms. The van der Waals surface area contributed by atoms with Gasteiger partial charge < -0.3 is 9.47 Å². The lowest BCUT2D eigenvalue weighted by Crippen LogP contribution is -1.94. The van der Waals surface area contributed by atoms with Gasteiger partial charge >= 0.3 is 0 Å². The minimum Gasteiger partial charge on any atom is -0.497 e. The van der Waals surface area contributed by atoms with Crippen LogP contribution in [0.25, 0.3) is 10.4 Å². The molecule has 0 radical (unpaired) electrons. The van der Waals surface area contributed by atoms with Gasteiger partial charge in [-0.2, -0.15) is 0 Å². The van der Waals surface area contributed by atoms with Crippen molar-refractivity contribution in [1.82, 2.24) is 4.98 Å². The van der Waals surface area contributed by atoms with Crippen molar-refractivity contribution in [1.29, 1.82) is 0 Å². The molecule has 1 heterocycles. The molecule has 2 rings (SSSR count). The van der Waals surface area contributed by atoms with E-state index in [1.807, 2.05) is 26.0 Å². The molecule has 18 heavy (non-hydrogen) atoms. The summed E-state index contributed by atoms with van der Waals surface area (Å²) in [4.78, 5) is 5.71. The number of rotatable bonds is 5. The van der Waals surface area contributed by atoms with Crippen LogP contribution in [-0.2, 0) is 11.3 Å². The van der Waals surface area contributed by atoms with E-state index in [-0.39, 0.29) is 0 Å². The van der Waals surface area contributed by atoms with Crippen molar-refractivity contribution < 1.29 is 9.47 Å². The van der Waals surface area contributed by atoms with Crippen LogP contribution in [0, 0.1) is 6.92 Å². The lowest BCUT2D eigenvalue weighted by molar-refractivity contribution is 0.132. The molecule has 3 nitrogen and oxygen atoms in total. The zero-order valence-corrected chi connectivity index (χ0v) is 11.7. The van der Waals surface area contributed by atoms with E-state index < -0.39 is 0 Å². The third-order valence-corrected chi connectivity index (χ3v) is 3.66. The van der Waals surface area contributed by atoms with Gasteiger partial charge in [0.15, 0.2) is 0 Å². The zero-order valence-electron chi connectivity index (χ0n) is 10.9. The fourth-order valence-electron chi connectivity index (χ4n) is 1.73. The number of ether oxygens (including phenoxy) is 2. The molecular weight excluding hydrogens is 246 g/mol. The van der Waals surface area contributed by atoms with Gasteiger partial charge in [-0.15, -0.1) is 11.3 Å². The van der Waals surface area contributed by atoms with Gasteiger partial charge in [0, 0.05) is 6.61 Å². The Morgan fingerprint density at radius 3 is 2.56 bits per heavy atom. The van der Waals surface area contributed by atoms with Crippen LogP contribution in [0.3, 0.4) is 0 Å². The largest absolute Gasteiger partial charge is 0.497 e. The Kier molecular flexibility index (Phi) is 4.33. The number of hydrogen-bond acceptors (Lipinski definition) is 4. The summed E-state index contributed by atoms with van der Waals surface area (Å²) in [6, 6.07) is 8.05. The number of hydrogen-bond donors (Lipinski definition) is 0. The van der Waals surface area contributed by atoms with E-state index >= 15 is 0 Å². The quantitative estimate of drug-likeness (QED) is 0.825. The second-order valence-corrected chi connectivity index (χ2v) is 5.08. The summed E-state index contributed by atoms with van der Waals surface area (Å²) < 4.78 is 10.6. The van der Waals surface area contributed by atoms with Crippen LogP contribution in [0.4, 0.5) is 0 Å². The average molecular weight is 263 g/mol. The van der Waals surface area contributed by atoms with Gasteiger partial charge in [-0.1, -0.05) is 0 Å². The normalized spacial score (nSPS) is 10.6. The van der Waals surface area contributed by atoms with E-state index in [9.17, 15) is 0 Å². The zero-order chi connectivity index (χ0) is 13.0. The number of benzene rings is 1. The minimum atomic E-state index is 0.572. The SMILES string of the molecule is CCOCc1nc(C)sc1-c1ccc(OC)cc1. The lowest BCUT2D eigenvalue weighted by Gasteiger charge is -2.04. The van der Waals surface area contributed by atoms with Crippen LogP contribution < -0.4 is 4.74 Å². The van der Waals surface area contributed by atoms with Gasteiger partial charge in [-0.3, -0.25) is 0 Å². The Balaban J connectivity index is 2.30. The van der Waals surface area contributed by atoms with Gasteiger partial charge in [-0.05, 0) is 43.7 Å². The van der Waals surface area contributed by atoms with Gasteiger partial charge in [0.1, 0.15) is 5.75 Å². The molecule has 0 spiro atoms. The smallest absolute Gasteiger partial charge is 0.118 e. The highest BCUT2D eigenvalue weighted by Gasteiger charge is 2.11. The van der Waals surface area contributed by atoms with Crippen molar-refractivity contribution in [3.63, 3.8) is 0 Å². The first kappa shape index (κ1) is 13.1. The van der Waals surface area contributed by atoms with E-state index in [0.29, 0.717) is 13.2 Å². The molecule has 0 fully saturated rings. The maximum absolute atomic E-state index is 5.46. The molecule has 0 unspecified atom stereocenters. The molecule has 0 aliphatic heterocycles. The fourth-order valence-corrected chi connectivity index (χ4v) is 2.66. The summed E-state index contributed by atoms with van der Waals surface area (Å²) in [7, 11) is 1.67. The molecule has 0 atom stereocenters. The third-order valence-electron chi connectivity index (χ3n) is 2.60. The van der Waals surface area contributed by atoms with Gasteiger partial charge in [0.25, 0.3) is 0 Å². The Hall–Kier alpha value is -1.39. The third kappa shape index (κ3) is 2.89. The van der Waals surface area contributed by atoms with Crippen LogP contribution in [0.5, 0.6) is 5.75 Å². The topological polar surface area (TPSA) is 31.4 Å². The van der Waals surface area contributed by atoms with Gasteiger partial charge in [0.2, 0.25) is 0 Å². The van der Waals surface area contributed by atoms with Crippen molar-refractivity contribution in [2.24, 2.45) is 0 Å². The average Bonchev–Trinajstić information content (AvgIpc) is 2.77. The summed E-state index contributed by atoms with van der Waals surface area (Å²) in [5, 5.41) is 1.07. The van der Waals surface area contributed by atoms with Crippen molar-refractivity contribution >= 4 is 11.3 Å². The van der Waals surface area contributed by atoms with Crippen LogP contribution >= 0.6 is 11.3 Å². The summed E-state index contributed by atoms with van der Waals surface area (Å²) in [5.74, 6) is 0.867. The standard InChI is InChI=1S/C14H17NO2S/c1-4-17-9-13-14(18-10(2)15-13)11-5-7-12(16-3)8-6-11/h5-8H,4,9H2,1-3H3. The van der Waals surface area contributed by atoms with Crippen molar-refractivity contribution in [2.45, 2.75) is 20.5 Å². The second-order valence-electron chi connectivity index (χ2n) is 3.87. The molecule has 2 aromatic rings. The summed E-state index contributed by atoms with van der Waals surface area (Å²) in [6.45, 7) is 5.29.